The van der Waals surface area contributed by atoms with Crippen molar-refractivity contribution >= 4 is 0 Å². The fourth-order valence-electron chi connectivity index (χ4n) is 1.52. The summed E-state index contributed by atoms with van der Waals surface area (Å²) in [6.45, 7) is 4.17. The van der Waals surface area contributed by atoms with E-state index in [1.165, 1.54) is 35.4 Å². The van der Waals surface area contributed by atoms with Crippen LogP contribution in [-0.2, 0) is 0 Å². The van der Waals surface area contributed by atoms with Crippen LogP contribution in [0.4, 0.5) is 0 Å². The van der Waals surface area contributed by atoms with E-state index in [-0.39, 0.29) is 11.5 Å². The van der Waals surface area contributed by atoms with Crippen LogP contribution in [0.25, 0.3) is 0 Å². The normalized spacial score (nSPS) is 8.82. The first-order valence-corrected chi connectivity index (χ1v) is 7.09. The molecule has 0 heterocycles. The second-order valence-corrected chi connectivity index (χ2v) is 4.83. The van der Waals surface area contributed by atoms with Gasteiger partial charge in [0.05, 0.1) is 0 Å². The first-order valence-electron chi connectivity index (χ1n) is 7.09. The van der Waals surface area contributed by atoms with Crippen LogP contribution in [0.2, 0.25) is 0 Å². The zero-order valence-corrected chi connectivity index (χ0v) is 13.0. The number of hydrogen-bond donors (Lipinski definition) is 2. The Morgan fingerprint density at radius 1 is 0.455 bits per heavy atom. The summed E-state index contributed by atoms with van der Waals surface area (Å²) >= 11 is 0. The molecular weight excluding hydrogens is 272 g/mol. The average molecular weight is 294 g/mol. The minimum atomic E-state index is 0.169. The summed E-state index contributed by atoms with van der Waals surface area (Å²) in [6, 6.07) is 26.2. The summed E-state index contributed by atoms with van der Waals surface area (Å²) < 4.78 is 0. The van der Waals surface area contributed by atoms with Gasteiger partial charge in [0, 0.05) is 0 Å². The smallest absolute Gasteiger partial charge is 0.115 e. The van der Waals surface area contributed by atoms with Gasteiger partial charge in [-0.2, -0.15) is 0 Å². The van der Waals surface area contributed by atoms with E-state index >= 15 is 0 Å². The molecule has 3 aromatic carbocycles. The van der Waals surface area contributed by atoms with Crippen LogP contribution >= 0.6 is 0 Å². The third-order valence-electron chi connectivity index (χ3n) is 2.73. The predicted molar refractivity (Wildman–Crippen MR) is 92.1 cm³/mol. The van der Waals surface area contributed by atoms with Crippen LogP contribution in [0.1, 0.15) is 11.1 Å². The number of phenolic OH excluding ortho intramolecular Hbond substituents is 2. The van der Waals surface area contributed by atoms with Crippen molar-refractivity contribution in [3.8, 4) is 11.5 Å². The minimum absolute atomic E-state index is 0.169. The number of phenols is 2. The van der Waals surface area contributed by atoms with Gasteiger partial charge >= 0.3 is 0 Å². The number of benzene rings is 3. The standard InChI is InChI=1S/2C7H8.C6H6O2/c2*1-7-5-3-2-4-6-7;7-5-1-2-6(8)4-3-5/h2*2-6H,1H3;1-4,7-8H. The Morgan fingerprint density at radius 2 is 0.727 bits per heavy atom. The largest absolute Gasteiger partial charge is 0.508 e. The maximum atomic E-state index is 8.65. The highest BCUT2D eigenvalue weighted by molar-refractivity contribution is 5.28. The van der Waals surface area contributed by atoms with Gasteiger partial charge in [-0.15, -0.1) is 0 Å². The van der Waals surface area contributed by atoms with Crippen LogP contribution in [-0.4, -0.2) is 10.2 Å². The number of hydrogen-bond acceptors (Lipinski definition) is 2. The van der Waals surface area contributed by atoms with Gasteiger partial charge in [-0.3, -0.25) is 0 Å². The van der Waals surface area contributed by atoms with E-state index in [1.807, 2.05) is 36.4 Å². The first kappa shape index (κ1) is 17.3. The van der Waals surface area contributed by atoms with E-state index in [2.05, 4.69) is 38.1 Å². The molecule has 0 saturated heterocycles. The number of rotatable bonds is 0. The molecule has 0 amide bonds. The Morgan fingerprint density at radius 3 is 0.909 bits per heavy atom. The highest BCUT2D eigenvalue weighted by atomic mass is 16.3. The molecular formula is C20H22O2. The molecule has 0 unspecified atom stereocenters. The molecule has 2 nitrogen and oxygen atoms in total. The molecule has 0 aromatic heterocycles. The van der Waals surface area contributed by atoms with Crippen molar-refractivity contribution in [1.82, 2.24) is 0 Å². The molecule has 114 valence electrons. The van der Waals surface area contributed by atoms with Crippen LogP contribution in [0, 0.1) is 13.8 Å². The van der Waals surface area contributed by atoms with Crippen LogP contribution in [0.15, 0.2) is 84.9 Å². The van der Waals surface area contributed by atoms with Crippen molar-refractivity contribution in [1.29, 1.82) is 0 Å². The van der Waals surface area contributed by atoms with E-state index in [4.69, 9.17) is 10.2 Å². The molecule has 0 aliphatic carbocycles. The van der Waals surface area contributed by atoms with E-state index in [9.17, 15) is 0 Å². The van der Waals surface area contributed by atoms with Crippen LogP contribution in [0.3, 0.4) is 0 Å². The Bertz CT molecular complexity index is 558. The molecule has 0 fully saturated rings. The van der Waals surface area contributed by atoms with Crippen LogP contribution in [0.5, 0.6) is 11.5 Å². The quantitative estimate of drug-likeness (QED) is 0.567. The zero-order chi connectivity index (χ0) is 16.2. The molecule has 0 bridgehead atoms. The molecule has 2 heteroatoms. The van der Waals surface area contributed by atoms with Crippen LogP contribution < -0.4 is 0 Å². The van der Waals surface area contributed by atoms with Crippen molar-refractivity contribution in [2.75, 3.05) is 0 Å². The molecule has 0 aliphatic rings. The van der Waals surface area contributed by atoms with E-state index in [1.54, 1.807) is 0 Å². The zero-order valence-electron chi connectivity index (χ0n) is 13.0. The summed E-state index contributed by atoms with van der Waals surface area (Å²) in [5, 5.41) is 17.3. The summed E-state index contributed by atoms with van der Waals surface area (Å²) in [7, 11) is 0. The van der Waals surface area contributed by atoms with Gasteiger partial charge in [-0.25, -0.2) is 0 Å². The Balaban J connectivity index is 0.000000166. The monoisotopic (exact) mass is 294 g/mol. The van der Waals surface area contributed by atoms with Gasteiger partial charge < -0.3 is 10.2 Å². The van der Waals surface area contributed by atoms with Crippen molar-refractivity contribution in [2.45, 2.75) is 13.8 Å². The summed E-state index contributed by atoms with van der Waals surface area (Å²) in [5.74, 6) is 0.339. The van der Waals surface area contributed by atoms with Gasteiger partial charge in [-0.05, 0) is 38.1 Å². The Kier molecular flexibility index (Phi) is 7.91. The van der Waals surface area contributed by atoms with Crippen molar-refractivity contribution in [3.63, 3.8) is 0 Å². The molecule has 0 saturated carbocycles. The second-order valence-electron chi connectivity index (χ2n) is 4.83. The number of aromatic hydroxyl groups is 2. The first-order chi connectivity index (χ1) is 10.6. The minimum Gasteiger partial charge on any atom is -0.508 e. The molecule has 0 radical (unpaired) electrons. The topological polar surface area (TPSA) is 40.5 Å². The fourth-order valence-corrected chi connectivity index (χ4v) is 1.52. The molecule has 0 atom stereocenters. The molecule has 22 heavy (non-hydrogen) atoms. The highest BCUT2D eigenvalue weighted by Crippen LogP contribution is 2.13. The summed E-state index contributed by atoms with van der Waals surface area (Å²) in [5.41, 5.74) is 2.64. The van der Waals surface area contributed by atoms with E-state index in [0.717, 1.165) is 0 Å². The van der Waals surface area contributed by atoms with Gasteiger partial charge in [0.15, 0.2) is 0 Å². The van der Waals surface area contributed by atoms with E-state index in [0.29, 0.717) is 0 Å². The van der Waals surface area contributed by atoms with Gasteiger partial charge in [0.1, 0.15) is 11.5 Å². The lowest BCUT2D eigenvalue weighted by atomic mass is 10.2. The molecule has 3 aromatic rings. The van der Waals surface area contributed by atoms with Gasteiger partial charge in [-0.1, -0.05) is 71.8 Å². The maximum Gasteiger partial charge on any atom is 0.115 e. The molecule has 3 rings (SSSR count). The van der Waals surface area contributed by atoms with Crippen molar-refractivity contribution < 1.29 is 10.2 Å². The third kappa shape index (κ3) is 8.43. The van der Waals surface area contributed by atoms with Crippen molar-refractivity contribution in [3.05, 3.63) is 96.1 Å². The second kappa shape index (κ2) is 10.1. The summed E-state index contributed by atoms with van der Waals surface area (Å²) in [6.07, 6.45) is 0. The highest BCUT2D eigenvalue weighted by Gasteiger charge is 1.84. The van der Waals surface area contributed by atoms with E-state index < -0.39 is 0 Å². The maximum absolute atomic E-state index is 8.65. The Labute approximate surface area is 132 Å². The number of aryl methyl sites for hydroxylation is 2. The van der Waals surface area contributed by atoms with Gasteiger partial charge in [0.25, 0.3) is 0 Å². The lowest BCUT2D eigenvalue weighted by Gasteiger charge is -1.88. The Hall–Kier alpha value is -2.74. The lowest BCUT2D eigenvalue weighted by Crippen LogP contribution is -1.62. The third-order valence-corrected chi connectivity index (χ3v) is 2.73. The van der Waals surface area contributed by atoms with Gasteiger partial charge in [0.2, 0.25) is 0 Å². The summed E-state index contributed by atoms with van der Waals surface area (Å²) in [4.78, 5) is 0. The average Bonchev–Trinajstić information content (AvgIpc) is 2.53. The van der Waals surface area contributed by atoms with Crippen molar-refractivity contribution in [2.24, 2.45) is 0 Å². The fraction of sp³-hybridized carbons (Fsp3) is 0.100. The lowest BCUT2D eigenvalue weighted by molar-refractivity contribution is 0.460. The molecule has 2 N–H and O–H groups in total. The molecule has 0 aliphatic heterocycles. The SMILES string of the molecule is Cc1ccccc1.Cc1ccccc1.Oc1ccc(O)cc1. The molecule has 0 spiro atoms. The predicted octanol–water partition coefficient (Wildman–Crippen LogP) is 5.09.